The maximum Gasteiger partial charge on any atom is 0.265 e. The van der Waals surface area contributed by atoms with Crippen LogP contribution in [0.25, 0.3) is 0 Å². The molecule has 0 aliphatic carbocycles. The van der Waals surface area contributed by atoms with Crippen LogP contribution in [0.2, 0.25) is 0 Å². The first-order chi connectivity index (χ1) is 9.65. The summed E-state index contributed by atoms with van der Waals surface area (Å²) in [6, 6.07) is 4.67. The molecule has 1 aromatic carbocycles. The van der Waals surface area contributed by atoms with Crippen LogP contribution >= 0.6 is 0 Å². The van der Waals surface area contributed by atoms with Crippen molar-refractivity contribution in [1.29, 1.82) is 0 Å². The highest BCUT2D eigenvalue weighted by molar-refractivity contribution is 5.97. The van der Waals surface area contributed by atoms with E-state index in [0.717, 1.165) is 13.0 Å². The van der Waals surface area contributed by atoms with Gasteiger partial charge in [0.1, 0.15) is 11.6 Å². The minimum atomic E-state index is -0.343. The third kappa shape index (κ3) is 2.50. The third-order valence-corrected chi connectivity index (χ3v) is 4.18. The second-order valence-corrected chi connectivity index (χ2v) is 5.54. The van der Waals surface area contributed by atoms with Crippen molar-refractivity contribution < 1.29 is 13.9 Å². The van der Waals surface area contributed by atoms with Gasteiger partial charge in [0.05, 0.1) is 5.69 Å². The van der Waals surface area contributed by atoms with Gasteiger partial charge in [-0.05, 0) is 38.6 Å². The molecule has 5 heteroatoms. The monoisotopic (exact) mass is 278 g/mol. The Kier molecular flexibility index (Phi) is 3.61. The highest BCUT2D eigenvalue weighted by Gasteiger charge is 2.30. The summed E-state index contributed by atoms with van der Waals surface area (Å²) >= 11 is 0. The molecule has 1 aromatic rings. The minimum Gasteiger partial charge on any atom is -0.482 e. The Morgan fingerprint density at radius 1 is 1.40 bits per heavy atom. The van der Waals surface area contributed by atoms with Crippen LogP contribution < -0.4 is 9.64 Å². The number of piperidine rings is 1. The molecule has 4 nitrogen and oxygen atoms in total. The highest BCUT2D eigenvalue weighted by Crippen LogP contribution is 2.33. The van der Waals surface area contributed by atoms with E-state index in [0.29, 0.717) is 24.0 Å². The Morgan fingerprint density at radius 2 is 2.25 bits per heavy atom. The number of rotatable bonds is 2. The highest BCUT2D eigenvalue weighted by atomic mass is 19.1. The molecule has 0 unspecified atom stereocenters. The molecule has 0 saturated carbocycles. The van der Waals surface area contributed by atoms with Crippen LogP contribution in [0.3, 0.4) is 0 Å². The van der Waals surface area contributed by atoms with Crippen LogP contribution in [-0.4, -0.2) is 43.6 Å². The number of benzene rings is 1. The fraction of sp³-hybridized carbons (Fsp3) is 0.533. The standard InChI is InChI=1S/C15H19FN2O2/c1-17-7-3-2-4-12(17)9-18-13-8-11(16)5-6-14(13)20-10-15(18)19/h5-6,8,12H,2-4,7,9-10H2,1H3/t12-/m0/s1. The van der Waals surface area contributed by atoms with E-state index in [1.807, 2.05) is 0 Å². The number of amides is 1. The van der Waals surface area contributed by atoms with Gasteiger partial charge in [-0.25, -0.2) is 4.39 Å². The Labute approximate surface area is 118 Å². The number of hydrogen-bond donors (Lipinski definition) is 0. The number of nitrogens with zero attached hydrogens (tertiary/aromatic N) is 2. The zero-order valence-electron chi connectivity index (χ0n) is 11.6. The van der Waals surface area contributed by atoms with Crippen molar-refractivity contribution in [1.82, 2.24) is 4.90 Å². The van der Waals surface area contributed by atoms with E-state index < -0.39 is 0 Å². The van der Waals surface area contributed by atoms with Crippen LogP contribution in [0, 0.1) is 5.82 Å². The smallest absolute Gasteiger partial charge is 0.265 e. The number of likely N-dealkylation sites (N-methyl/N-ethyl adjacent to an activating group) is 1. The lowest BCUT2D eigenvalue weighted by Crippen LogP contribution is -2.49. The van der Waals surface area contributed by atoms with E-state index in [1.165, 1.54) is 25.0 Å². The van der Waals surface area contributed by atoms with Gasteiger partial charge >= 0.3 is 0 Å². The summed E-state index contributed by atoms with van der Waals surface area (Å²) in [6.45, 7) is 1.70. The number of halogens is 1. The molecular weight excluding hydrogens is 259 g/mol. The molecule has 2 aliphatic heterocycles. The second-order valence-electron chi connectivity index (χ2n) is 5.54. The van der Waals surface area contributed by atoms with Gasteiger partial charge in [-0.15, -0.1) is 0 Å². The van der Waals surface area contributed by atoms with Gasteiger partial charge in [-0.3, -0.25) is 4.79 Å². The van der Waals surface area contributed by atoms with E-state index in [1.54, 1.807) is 11.0 Å². The van der Waals surface area contributed by atoms with E-state index >= 15 is 0 Å². The van der Waals surface area contributed by atoms with Gasteiger partial charge in [0.2, 0.25) is 0 Å². The molecule has 0 N–H and O–H groups in total. The topological polar surface area (TPSA) is 32.8 Å². The second kappa shape index (κ2) is 5.40. The van der Waals surface area contributed by atoms with Crippen LogP contribution in [-0.2, 0) is 4.79 Å². The molecule has 1 amide bonds. The van der Waals surface area contributed by atoms with Crippen molar-refractivity contribution in [3.63, 3.8) is 0 Å². The zero-order valence-corrected chi connectivity index (χ0v) is 11.6. The van der Waals surface area contributed by atoms with Gasteiger partial charge in [-0.2, -0.15) is 0 Å². The van der Waals surface area contributed by atoms with Gasteiger partial charge in [-0.1, -0.05) is 6.42 Å². The molecule has 3 rings (SSSR count). The Bertz CT molecular complexity index is 521. The van der Waals surface area contributed by atoms with E-state index in [4.69, 9.17) is 4.74 Å². The van der Waals surface area contributed by atoms with Crippen molar-refractivity contribution >= 4 is 11.6 Å². The summed E-state index contributed by atoms with van der Waals surface area (Å²) in [5.41, 5.74) is 0.556. The van der Waals surface area contributed by atoms with E-state index in [2.05, 4.69) is 11.9 Å². The number of fused-ring (bicyclic) bond motifs is 1. The average Bonchev–Trinajstić information content (AvgIpc) is 2.44. The predicted molar refractivity (Wildman–Crippen MR) is 74.5 cm³/mol. The molecule has 2 heterocycles. The summed E-state index contributed by atoms with van der Waals surface area (Å²) in [4.78, 5) is 16.1. The largest absolute Gasteiger partial charge is 0.482 e. The van der Waals surface area contributed by atoms with Crippen molar-refractivity contribution in [2.45, 2.75) is 25.3 Å². The number of carbonyl (C=O) groups excluding carboxylic acids is 1. The molecule has 2 aliphatic rings. The van der Waals surface area contributed by atoms with Gasteiger partial charge < -0.3 is 14.5 Å². The first-order valence-electron chi connectivity index (χ1n) is 7.08. The molecule has 0 aromatic heterocycles. The molecule has 1 atom stereocenters. The normalized spacial score (nSPS) is 23.4. The number of hydrogen-bond acceptors (Lipinski definition) is 3. The Balaban J connectivity index is 1.85. The summed E-state index contributed by atoms with van der Waals surface area (Å²) < 4.78 is 18.8. The average molecular weight is 278 g/mol. The molecular formula is C15H19FN2O2. The Hall–Kier alpha value is -1.62. The fourth-order valence-electron chi connectivity index (χ4n) is 2.96. The van der Waals surface area contributed by atoms with Crippen molar-refractivity contribution in [3.8, 4) is 5.75 Å². The summed E-state index contributed by atoms with van der Waals surface area (Å²) in [5.74, 6) is 0.149. The van der Waals surface area contributed by atoms with E-state index in [9.17, 15) is 9.18 Å². The van der Waals surface area contributed by atoms with Crippen LogP contribution in [0.1, 0.15) is 19.3 Å². The lowest BCUT2D eigenvalue weighted by Gasteiger charge is -2.38. The first kappa shape index (κ1) is 13.4. The molecule has 1 fully saturated rings. The molecule has 0 spiro atoms. The van der Waals surface area contributed by atoms with Crippen LogP contribution in [0.4, 0.5) is 10.1 Å². The van der Waals surface area contributed by atoms with Crippen molar-refractivity contribution in [2.75, 3.05) is 31.6 Å². The first-order valence-corrected chi connectivity index (χ1v) is 7.08. The Morgan fingerprint density at radius 3 is 3.05 bits per heavy atom. The molecule has 0 radical (unpaired) electrons. The third-order valence-electron chi connectivity index (χ3n) is 4.18. The SMILES string of the molecule is CN1CCCC[C@H]1CN1C(=O)COc2ccc(F)cc21. The molecule has 1 saturated heterocycles. The number of anilines is 1. The maximum atomic E-state index is 13.4. The predicted octanol–water partition coefficient (Wildman–Crippen LogP) is 2.04. The number of likely N-dealkylation sites (tertiary alicyclic amines) is 1. The van der Waals surface area contributed by atoms with Crippen LogP contribution in [0.5, 0.6) is 5.75 Å². The fourth-order valence-corrected chi connectivity index (χ4v) is 2.96. The van der Waals surface area contributed by atoms with Gasteiger partial charge in [0.25, 0.3) is 5.91 Å². The number of ether oxygens (including phenoxy) is 1. The quantitative estimate of drug-likeness (QED) is 0.830. The summed E-state index contributed by atoms with van der Waals surface area (Å²) in [7, 11) is 2.08. The number of carbonyl (C=O) groups is 1. The molecule has 20 heavy (non-hydrogen) atoms. The minimum absolute atomic E-state index is 0.0368. The van der Waals surface area contributed by atoms with Crippen molar-refractivity contribution in [2.24, 2.45) is 0 Å². The van der Waals surface area contributed by atoms with Crippen molar-refractivity contribution in [3.05, 3.63) is 24.0 Å². The van der Waals surface area contributed by atoms with E-state index in [-0.39, 0.29) is 18.3 Å². The van der Waals surface area contributed by atoms with Gasteiger partial charge in [0.15, 0.2) is 6.61 Å². The summed E-state index contributed by atoms with van der Waals surface area (Å²) in [6.07, 6.45) is 3.46. The maximum absolute atomic E-state index is 13.4. The molecule has 0 bridgehead atoms. The summed E-state index contributed by atoms with van der Waals surface area (Å²) in [5, 5.41) is 0. The lowest BCUT2D eigenvalue weighted by molar-refractivity contribution is -0.121. The molecule has 108 valence electrons. The zero-order chi connectivity index (χ0) is 14.1. The lowest BCUT2D eigenvalue weighted by atomic mass is 10.0. The van der Waals surface area contributed by atoms with Gasteiger partial charge in [0, 0.05) is 18.7 Å². The van der Waals surface area contributed by atoms with Crippen LogP contribution in [0.15, 0.2) is 18.2 Å².